The van der Waals surface area contributed by atoms with E-state index >= 15 is 0 Å². The molecule has 6 heteroatoms. The predicted octanol–water partition coefficient (Wildman–Crippen LogP) is 1.94. The zero-order chi connectivity index (χ0) is 16.5. The monoisotopic (exact) mass is 320 g/mol. The van der Waals surface area contributed by atoms with Gasteiger partial charge in [0.25, 0.3) is 0 Å². The largest absolute Gasteiger partial charge is 0.357 e. The van der Waals surface area contributed by atoms with Crippen LogP contribution < -0.4 is 16.0 Å². The van der Waals surface area contributed by atoms with Gasteiger partial charge in [0.15, 0.2) is 5.96 Å². The maximum Gasteiger partial charge on any atom is 0.220 e. The fraction of sp³-hybridized carbons (Fsp3) is 0.529. The summed E-state index contributed by atoms with van der Waals surface area (Å²) in [4.78, 5) is 16.0. The molecule has 0 heterocycles. The Balaban J connectivity index is 1.70. The molecular formula is C17H25FN4O. The molecule has 23 heavy (non-hydrogen) atoms. The SMILES string of the molecule is CCNC(=NCc1ccc(F)cc1)NCCCC(=O)NC1CC1. The molecule has 1 aromatic rings. The summed E-state index contributed by atoms with van der Waals surface area (Å²) >= 11 is 0. The molecule has 1 aliphatic carbocycles. The van der Waals surface area contributed by atoms with Crippen LogP contribution in [0.15, 0.2) is 29.3 Å². The van der Waals surface area contributed by atoms with Crippen molar-refractivity contribution >= 4 is 11.9 Å². The molecule has 1 aliphatic rings. The third kappa shape index (κ3) is 7.13. The van der Waals surface area contributed by atoms with Gasteiger partial charge >= 0.3 is 0 Å². The number of benzene rings is 1. The minimum atomic E-state index is -0.243. The van der Waals surface area contributed by atoms with Crippen molar-refractivity contribution in [2.45, 2.75) is 45.2 Å². The molecule has 1 aromatic carbocycles. The number of carbonyl (C=O) groups is 1. The normalized spacial score (nSPS) is 14.4. The maximum absolute atomic E-state index is 12.9. The molecule has 1 fully saturated rings. The number of rotatable bonds is 8. The highest BCUT2D eigenvalue weighted by Crippen LogP contribution is 2.18. The number of aliphatic imine (C=N–C) groups is 1. The third-order valence-corrected chi connectivity index (χ3v) is 3.49. The number of hydrogen-bond acceptors (Lipinski definition) is 2. The number of guanidine groups is 1. The minimum absolute atomic E-state index is 0.127. The molecule has 0 bridgehead atoms. The van der Waals surface area contributed by atoms with Crippen LogP contribution in [0.4, 0.5) is 4.39 Å². The fourth-order valence-electron chi connectivity index (χ4n) is 2.09. The molecule has 0 atom stereocenters. The number of nitrogens with zero attached hydrogens (tertiary/aromatic N) is 1. The van der Waals surface area contributed by atoms with E-state index < -0.39 is 0 Å². The van der Waals surface area contributed by atoms with Crippen LogP contribution in [0, 0.1) is 5.82 Å². The van der Waals surface area contributed by atoms with Crippen molar-refractivity contribution < 1.29 is 9.18 Å². The molecule has 126 valence electrons. The Morgan fingerprint density at radius 3 is 2.65 bits per heavy atom. The second kappa shape index (κ2) is 9.12. The highest BCUT2D eigenvalue weighted by atomic mass is 19.1. The van der Waals surface area contributed by atoms with Crippen LogP contribution in [0.1, 0.15) is 38.2 Å². The van der Waals surface area contributed by atoms with Gasteiger partial charge in [-0.15, -0.1) is 0 Å². The van der Waals surface area contributed by atoms with Crippen LogP contribution in [0.25, 0.3) is 0 Å². The van der Waals surface area contributed by atoms with Crippen molar-refractivity contribution in [3.05, 3.63) is 35.6 Å². The summed E-state index contributed by atoms with van der Waals surface area (Å²) in [5.41, 5.74) is 0.951. The van der Waals surface area contributed by atoms with Crippen LogP contribution in [-0.4, -0.2) is 31.0 Å². The molecular weight excluding hydrogens is 295 g/mol. The predicted molar refractivity (Wildman–Crippen MR) is 89.6 cm³/mol. The van der Waals surface area contributed by atoms with Crippen LogP contribution in [0.3, 0.4) is 0 Å². The van der Waals surface area contributed by atoms with E-state index in [2.05, 4.69) is 20.9 Å². The van der Waals surface area contributed by atoms with Gasteiger partial charge in [0.05, 0.1) is 6.54 Å². The Morgan fingerprint density at radius 2 is 2.00 bits per heavy atom. The van der Waals surface area contributed by atoms with E-state index in [0.717, 1.165) is 31.4 Å². The number of amides is 1. The van der Waals surface area contributed by atoms with E-state index in [1.165, 1.54) is 12.1 Å². The van der Waals surface area contributed by atoms with E-state index in [1.54, 1.807) is 12.1 Å². The van der Waals surface area contributed by atoms with Crippen molar-refractivity contribution in [3.63, 3.8) is 0 Å². The standard InChI is InChI=1S/C17H25FN4O/c1-2-19-17(21-12-13-5-7-14(18)8-6-13)20-11-3-4-16(23)22-15-9-10-15/h5-8,15H,2-4,9-12H2,1H3,(H,22,23)(H2,19,20,21). The molecule has 2 rings (SSSR count). The molecule has 5 nitrogen and oxygen atoms in total. The van der Waals surface area contributed by atoms with Gasteiger partial charge in [-0.1, -0.05) is 12.1 Å². The van der Waals surface area contributed by atoms with Crippen molar-refractivity contribution in [1.82, 2.24) is 16.0 Å². The summed E-state index contributed by atoms with van der Waals surface area (Å²) in [5.74, 6) is 0.592. The summed E-state index contributed by atoms with van der Waals surface area (Å²) in [6.07, 6.45) is 3.52. The Morgan fingerprint density at radius 1 is 1.26 bits per heavy atom. The fourth-order valence-corrected chi connectivity index (χ4v) is 2.09. The van der Waals surface area contributed by atoms with Gasteiger partial charge in [0.1, 0.15) is 5.82 Å². The molecule has 0 saturated heterocycles. The van der Waals surface area contributed by atoms with Gasteiger partial charge in [-0.05, 0) is 43.9 Å². The number of nitrogens with one attached hydrogen (secondary N) is 3. The quantitative estimate of drug-likeness (QED) is 0.390. The Bertz CT molecular complexity index is 526. The van der Waals surface area contributed by atoms with Gasteiger partial charge in [-0.3, -0.25) is 4.79 Å². The van der Waals surface area contributed by atoms with Crippen molar-refractivity contribution in [3.8, 4) is 0 Å². The molecule has 0 aliphatic heterocycles. The molecule has 3 N–H and O–H groups in total. The number of halogens is 1. The first-order chi connectivity index (χ1) is 11.2. The second-order valence-corrected chi connectivity index (χ2v) is 5.69. The van der Waals surface area contributed by atoms with Crippen LogP contribution in [-0.2, 0) is 11.3 Å². The van der Waals surface area contributed by atoms with Crippen molar-refractivity contribution in [2.75, 3.05) is 13.1 Å². The molecule has 0 aromatic heterocycles. The van der Waals surface area contributed by atoms with Crippen molar-refractivity contribution in [1.29, 1.82) is 0 Å². The Hall–Kier alpha value is -2.11. The number of hydrogen-bond donors (Lipinski definition) is 3. The van der Waals surface area contributed by atoms with E-state index in [0.29, 0.717) is 31.5 Å². The van der Waals surface area contributed by atoms with Crippen molar-refractivity contribution in [2.24, 2.45) is 4.99 Å². The van der Waals surface area contributed by atoms with E-state index in [1.807, 2.05) is 6.92 Å². The first-order valence-electron chi connectivity index (χ1n) is 8.23. The topological polar surface area (TPSA) is 65.5 Å². The summed E-state index contributed by atoms with van der Waals surface area (Å²) in [6.45, 7) is 3.93. The average Bonchev–Trinajstić information content (AvgIpc) is 3.34. The van der Waals surface area contributed by atoms with Gasteiger partial charge in [-0.25, -0.2) is 9.38 Å². The molecule has 0 radical (unpaired) electrons. The summed E-state index contributed by atoms with van der Waals surface area (Å²) < 4.78 is 12.9. The Kier molecular flexibility index (Phi) is 6.84. The minimum Gasteiger partial charge on any atom is -0.357 e. The highest BCUT2D eigenvalue weighted by Gasteiger charge is 2.22. The van der Waals surface area contributed by atoms with E-state index in [-0.39, 0.29) is 11.7 Å². The third-order valence-electron chi connectivity index (χ3n) is 3.49. The molecule has 1 amide bonds. The zero-order valence-electron chi connectivity index (χ0n) is 13.6. The van der Waals surface area contributed by atoms with E-state index in [9.17, 15) is 9.18 Å². The first kappa shape index (κ1) is 17.2. The average molecular weight is 320 g/mol. The molecule has 0 spiro atoms. The summed E-state index contributed by atoms with van der Waals surface area (Å²) in [5, 5.41) is 9.35. The smallest absolute Gasteiger partial charge is 0.220 e. The van der Waals surface area contributed by atoms with Gasteiger partial charge in [0, 0.05) is 25.6 Å². The van der Waals surface area contributed by atoms with Crippen LogP contribution in [0.2, 0.25) is 0 Å². The van der Waals surface area contributed by atoms with Gasteiger partial charge < -0.3 is 16.0 Å². The molecule has 1 saturated carbocycles. The van der Waals surface area contributed by atoms with E-state index in [4.69, 9.17) is 0 Å². The van der Waals surface area contributed by atoms with Crippen LogP contribution >= 0.6 is 0 Å². The van der Waals surface area contributed by atoms with Gasteiger partial charge in [-0.2, -0.15) is 0 Å². The lowest BCUT2D eigenvalue weighted by molar-refractivity contribution is -0.121. The first-order valence-corrected chi connectivity index (χ1v) is 8.23. The zero-order valence-corrected chi connectivity index (χ0v) is 13.6. The van der Waals surface area contributed by atoms with Gasteiger partial charge in [0.2, 0.25) is 5.91 Å². The summed E-state index contributed by atoms with van der Waals surface area (Å²) in [7, 11) is 0. The molecule has 0 unspecified atom stereocenters. The Labute approximate surface area is 136 Å². The lowest BCUT2D eigenvalue weighted by Crippen LogP contribution is -2.38. The highest BCUT2D eigenvalue weighted by molar-refractivity contribution is 5.80. The number of carbonyl (C=O) groups excluding carboxylic acids is 1. The van der Waals surface area contributed by atoms with Crippen LogP contribution in [0.5, 0.6) is 0 Å². The lowest BCUT2D eigenvalue weighted by Gasteiger charge is -2.11. The lowest BCUT2D eigenvalue weighted by atomic mass is 10.2. The summed E-state index contributed by atoms with van der Waals surface area (Å²) in [6, 6.07) is 6.74. The second-order valence-electron chi connectivity index (χ2n) is 5.69. The maximum atomic E-state index is 12.9.